The second kappa shape index (κ2) is 14.1. The molecule has 0 saturated carbocycles. The zero-order valence-electron chi connectivity index (χ0n) is 25.2. The van der Waals surface area contributed by atoms with E-state index < -0.39 is 0 Å². The molecule has 0 aromatic heterocycles. The molecule has 0 aromatic rings. The maximum absolute atomic E-state index is 5.98. The first-order chi connectivity index (χ1) is 14.4. The maximum atomic E-state index is 5.98. The van der Waals surface area contributed by atoms with Crippen molar-refractivity contribution in [2.24, 2.45) is 27.6 Å². The molecule has 1 fully saturated rings. The zero-order chi connectivity index (χ0) is 26.0. The topological polar surface area (TPSA) is 18.5 Å². The maximum Gasteiger partial charge on any atom is 0.0686 e. The molecule has 0 N–H and O–H groups in total. The molecular formula is C30H62O2. The highest BCUT2D eigenvalue weighted by Gasteiger charge is 2.35. The molecule has 0 aliphatic carbocycles. The molecule has 2 heteroatoms. The van der Waals surface area contributed by atoms with E-state index in [2.05, 4.69) is 89.2 Å². The standard InChI is InChI=1S/C13H26O.C13H24O.2C2H6/c2*1-12(2,3)10-7-8-11(14-9-10)13(4,5)6;2*1-2/h10-11H,7-9H2,1-6H3;7,11H,8-9H2,1-6H3;2*1-2H3. The van der Waals surface area contributed by atoms with Crippen LogP contribution in [0.2, 0.25) is 0 Å². The van der Waals surface area contributed by atoms with Crippen LogP contribution in [0.4, 0.5) is 0 Å². The number of hydrogen-bond acceptors (Lipinski definition) is 2. The van der Waals surface area contributed by atoms with Crippen molar-refractivity contribution in [2.75, 3.05) is 13.2 Å². The van der Waals surface area contributed by atoms with Crippen molar-refractivity contribution in [2.45, 2.75) is 142 Å². The van der Waals surface area contributed by atoms with Crippen LogP contribution in [0.15, 0.2) is 11.6 Å². The van der Waals surface area contributed by atoms with Gasteiger partial charge < -0.3 is 9.47 Å². The Morgan fingerprint density at radius 2 is 1.09 bits per heavy atom. The number of hydrogen-bond donors (Lipinski definition) is 0. The quantitative estimate of drug-likeness (QED) is 0.339. The lowest BCUT2D eigenvalue weighted by molar-refractivity contribution is -0.0908. The molecule has 0 bridgehead atoms. The van der Waals surface area contributed by atoms with Crippen LogP contribution in [0.25, 0.3) is 0 Å². The summed E-state index contributed by atoms with van der Waals surface area (Å²) in [4.78, 5) is 0. The van der Waals surface area contributed by atoms with Crippen LogP contribution in [0.1, 0.15) is 130 Å². The fourth-order valence-corrected chi connectivity index (χ4v) is 3.81. The van der Waals surface area contributed by atoms with Crippen LogP contribution >= 0.6 is 0 Å². The predicted molar refractivity (Wildman–Crippen MR) is 145 cm³/mol. The van der Waals surface area contributed by atoms with Crippen LogP contribution in [0.3, 0.4) is 0 Å². The summed E-state index contributed by atoms with van der Waals surface area (Å²) in [5.74, 6) is 0.737. The molecule has 0 spiro atoms. The van der Waals surface area contributed by atoms with Crippen molar-refractivity contribution >= 4 is 0 Å². The summed E-state index contributed by atoms with van der Waals surface area (Å²) in [6, 6.07) is 0. The van der Waals surface area contributed by atoms with Crippen molar-refractivity contribution in [3.05, 3.63) is 11.6 Å². The molecule has 1 saturated heterocycles. The van der Waals surface area contributed by atoms with E-state index in [0.717, 1.165) is 25.6 Å². The van der Waals surface area contributed by atoms with Crippen LogP contribution in [-0.4, -0.2) is 25.4 Å². The summed E-state index contributed by atoms with van der Waals surface area (Å²) in [6.45, 7) is 37.0. The van der Waals surface area contributed by atoms with Gasteiger partial charge >= 0.3 is 0 Å². The average Bonchev–Trinajstić information content (AvgIpc) is 2.69. The summed E-state index contributed by atoms with van der Waals surface area (Å²) < 4.78 is 11.9. The van der Waals surface area contributed by atoms with Gasteiger partial charge in [0.1, 0.15) is 0 Å². The first-order valence-electron chi connectivity index (χ1n) is 13.3. The van der Waals surface area contributed by atoms with Gasteiger partial charge in [0.05, 0.1) is 25.4 Å². The van der Waals surface area contributed by atoms with Crippen LogP contribution in [-0.2, 0) is 9.47 Å². The summed E-state index contributed by atoms with van der Waals surface area (Å²) in [7, 11) is 0. The van der Waals surface area contributed by atoms with Crippen LogP contribution in [0, 0.1) is 27.6 Å². The van der Waals surface area contributed by atoms with Gasteiger partial charge in [0.2, 0.25) is 0 Å². The Morgan fingerprint density at radius 3 is 1.34 bits per heavy atom. The third kappa shape index (κ3) is 12.8. The summed E-state index contributed by atoms with van der Waals surface area (Å²) >= 11 is 0. The molecule has 2 rings (SSSR count). The highest BCUT2D eigenvalue weighted by atomic mass is 16.5. The number of ether oxygens (including phenoxy) is 2. The monoisotopic (exact) mass is 454 g/mol. The smallest absolute Gasteiger partial charge is 0.0686 e. The molecule has 0 amide bonds. The second-order valence-electron chi connectivity index (χ2n) is 13.2. The van der Waals surface area contributed by atoms with Gasteiger partial charge in [0.15, 0.2) is 0 Å². The third-order valence-electron chi connectivity index (χ3n) is 6.41. The Balaban J connectivity index is 0. The van der Waals surface area contributed by atoms with Crippen molar-refractivity contribution in [1.82, 2.24) is 0 Å². The molecule has 2 aliphatic heterocycles. The highest BCUT2D eigenvalue weighted by Crippen LogP contribution is 2.38. The van der Waals surface area contributed by atoms with Gasteiger partial charge in [-0.3, -0.25) is 0 Å². The summed E-state index contributed by atoms with van der Waals surface area (Å²) in [5.41, 5.74) is 2.69. The minimum atomic E-state index is 0.264. The van der Waals surface area contributed by atoms with Gasteiger partial charge in [-0.2, -0.15) is 0 Å². The van der Waals surface area contributed by atoms with Gasteiger partial charge in [0.25, 0.3) is 0 Å². The van der Waals surface area contributed by atoms with Crippen LogP contribution in [0.5, 0.6) is 0 Å². The van der Waals surface area contributed by atoms with Crippen molar-refractivity contribution in [3.8, 4) is 0 Å². The predicted octanol–water partition coefficient (Wildman–Crippen LogP) is 9.72. The van der Waals surface area contributed by atoms with Gasteiger partial charge in [-0.25, -0.2) is 0 Å². The Morgan fingerprint density at radius 1 is 0.625 bits per heavy atom. The molecule has 2 nitrogen and oxygen atoms in total. The molecule has 32 heavy (non-hydrogen) atoms. The summed E-state index contributed by atoms with van der Waals surface area (Å²) in [6.07, 6.45) is 6.83. The third-order valence-corrected chi connectivity index (χ3v) is 6.41. The first kappa shape index (κ1) is 33.8. The minimum Gasteiger partial charge on any atom is -0.377 e. The van der Waals surface area contributed by atoms with Gasteiger partial charge in [-0.15, -0.1) is 0 Å². The number of rotatable bonds is 0. The van der Waals surface area contributed by atoms with Gasteiger partial charge in [0, 0.05) is 0 Å². The van der Waals surface area contributed by atoms with Gasteiger partial charge in [-0.1, -0.05) is 117 Å². The highest BCUT2D eigenvalue weighted by molar-refractivity contribution is 5.14. The van der Waals surface area contributed by atoms with Crippen molar-refractivity contribution < 1.29 is 9.47 Å². The second-order valence-corrected chi connectivity index (χ2v) is 13.2. The molecule has 0 aromatic carbocycles. The Kier molecular flexibility index (Phi) is 15.0. The van der Waals surface area contributed by atoms with E-state index in [9.17, 15) is 0 Å². The lowest BCUT2D eigenvalue weighted by atomic mass is 9.74. The van der Waals surface area contributed by atoms with E-state index >= 15 is 0 Å². The molecule has 194 valence electrons. The molecular weight excluding hydrogens is 392 g/mol. The molecule has 2 heterocycles. The van der Waals surface area contributed by atoms with Crippen molar-refractivity contribution in [1.29, 1.82) is 0 Å². The van der Waals surface area contributed by atoms with E-state index in [1.165, 1.54) is 18.4 Å². The molecule has 2 aliphatic rings. The van der Waals surface area contributed by atoms with Crippen LogP contribution < -0.4 is 0 Å². The first-order valence-corrected chi connectivity index (χ1v) is 13.3. The van der Waals surface area contributed by atoms with E-state index in [-0.39, 0.29) is 10.8 Å². The lowest BCUT2D eigenvalue weighted by Crippen LogP contribution is -2.39. The molecule has 3 unspecified atom stereocenters. The SMILES string of the molecule is CC.CC.CC(C)(C)C1=CCC(C(C)(C)C)OC1.CC(C)(C)C1CCC(C(C)(C)C)OC1. The van der Waals surface area contributed by atoms with E-state index in [4.69, 9.17) is 9.47 Å². The fourth-order valence-electron chi connectivity index (χ4n) is 3.81. The van der Waals surface area contributed by atoms with Gasteiger partial charge in [-0.05, 0) is 52.4 Å². The van der Waals surface area contributed by atoms with Crippen molar-refractivity contribution in [3.63, 3.8) is 0 Å². The fraction of sp³-hybridized carbons (Fsp3) is 0.933. The normalized spacial score (nSPS) is 24.5. The largest absolute Gasteiger partial charge is 0.377 e. The Hall–Kier alpha value is -0.340. The Labute approximate surface area is 204 Å². The zero-order valence-corrected chi connectivity index (χ0v) is 25.2. The molecule has 0 radical (unpaired) electrons. The lowest BCUT2D eigenvalue weighted by Gasteiger charge is -2.41. The summed E-state index contributed by atoms with van der Waals surface area (Å²) in [5, 5.41) is 0. The molecule has 3 atom stereocenters. The average molecular weight is 455 g/mol. The Bertz CT molecular complexity index is 473. The van der Waals surface area contributed by atoms with E-state index in [1.54, 1.807) is 0 Å². The van der Waals surface area contributed by atoms with E-state index in [1.807, 2.05) is 27.7 Å². The minimum absolute atomic E-state index is 0.264. The van der Waals surface area contributed by atoms with E-state index in [0.29, 0.717) is 23.0 Å².